The summed E-state index contributed by atoms with van der Waals surface area (Å²) in [5.41, 5.74) is 2.10. The van der Waals surface area contributed by atoms with Crippen LogP contribution in [0.2, 0.25) is 10.0 Å². The van der Waals surface area contributed by atoms with Gasteiger partial charge in [-0.25, -0.2) is 0 Å². The molecule has 0 bridgehead atoms. The van der Waals surface area contributed by atoms with Gasteiger partial charge in [0.05, 0.1) is 10.0 Å². The van der Waals surface area contributed by atoms with Crippen LogP contribution < -0.4 is 5.32 Å². The SMILES string of the molecule is Clc1cccc(CNc2ccccc2I)c1Cl. The molecule has 0 saturated carbocycles. The molecule has 0 aromatic heterocycles. The molecule has 17 heavy (non-hydrogen) atoms. The normalized spacial score (nSPS) is 10.3. The van der Waals surface area contributed by atoms with Crippen LogP contribution in [0.3, 0.4) is 0 Å². The molecule has 0 heterocycles. The van der Waals surface area contributed by atoms with Crippen molar-refractivity contribution < 1.29 is 0 Å². The zero-order chi connectivity index (χ0) is 12.3. The fourth-order valence-corrected chi connectivity index (χ4v) is 2.45. The van der Waals surface area contributed by atoms with Crippen molar-refractivity contribution in [1.29, 1.82) is 0 Å². The van der Waals surface area contributed by atoms with E-state index in [2.05, 4.69) is 34.0 Å². The van der Waals surface area contributed by atoms with E-state index in [4.69, 9.17) is 23.2 Å². The molecular formula is C13H10Cl2IN. The first-order valence-corrected chi connectivity index (χ1v) is 6.93. The van der Waals surface area contributed by atoms with Gasteiger partial charge >= 0.3 is 0 Å². The summed E-state index contributed by atoms with van der Waals surface area (Å²) in [6, 6.07) is 13.8. The summed E-state index contributed by atoms with van der Waals surface area (Å²) < 4.78 is 1.18. The summed E-state index contributed by atoms with van der Waals surface area (Å²) in [7, 11) is 0. The van der Waals surface area contributed by atoms with E-state index in [-0.39, 0.29) is 0 Å². The summed E-state index contributed by atoms with van der Waals surface area (Å²) >= 11 is 14.4. The predicted octanol–water partition coefficient (Wildman–Crippen LogP) is 5.21. The van der Waals surface area contributed by atoms with Crippen molar-refractivity contribution in [3.05, 3.63) is 61.6 Å². The summed E-state index contributed by atoms with van der Waals surface area (Å²) in [6.45, 7) is 0.666. The van der Waals surface area contributed by atoms with Crippen molar-refractivity contribution in [2.75, 3.05) is 5.32 Å². The number of halogens is 3. The Hall–Kier alpha value is -0.450. The second-order valence-electron chi connectivity index (χ2n) is 3.55. The highest BCUT2D eigenvalue weighted by molar-refractivity contribution is 14.1. The molecule has 0 fully saturated rings. The second kappa shape index (κ2) is 5.94. The minimum Gasteiger partial charge on any atom is -0.380 e. The third-order valence-corrected chi connectivity index (χ3v) is 4.17. The number of hydrogen-bond donors (Lipinski definition) is 1. The Morgan fingerprint density at radius 2 is 1.76 bits per heavy atom. The van der Waals surface area contributed by atoms with Gasteiger partial charge in [-0.2, -0.15) is 0 Å². The van der Waals surface area contributed by atoms with E-state index in [9.17, 15) is 0 Å². The topological polar surface area (TPSA) is 12.0 Å². The van der Waals surface area contributed by atoms with Crippen molar-refractivity contribution >= 4 is 51.5 Å². The maximum Gasteiger partial charge on any atom is 0.0642 e. The molecule has 0 atom stereocenters. The van der Waals surface area contributed by atoms with Crippen molar-refractivity contribution in [2.24, 2.45) is 0 Å². The third-order valence-electron chi connectivity index (χ3n) is 2.37. The highest BCUT2D eigenvalue weighted by atomic mass is 127. The molecule has 2 aromatic carbocycles. The van der Waals surface area contributed by atoms with Crippen LogP contribution >= 0.6 is 45.8 Å². The molecule has 88 valence electrons. The van der Waals surface area contributed by atoms with Gasteiger partial charge in [-0.3, -0.25) is 0 Å². The predicted molar refractivity (Wildman–Crippen MR) is 82.9 cm³/mol. The maximum absolute atomic E-state index is 6.13. The van der Waals surface area contributed by atoms with Crippen molar-refractivity contribution in [1.82, 2.24) is 0 Å². The summed E-state index contributed by atoms with van der Waals surface area (Å²) in [6.07, 6.45) is 0. The van der Waals surface area contributed by atoms with Gasteiger partial charge in [-0.1, -0.05) is 47.5 Å². The van der Waals surface area contributed by atoms with Crippen LogP contribution in [0.4, 0.5) is 5.69 Å². The summed E-state index contributed by atoms with van der Waals surface area (Å²) in [5, 5.41) is 4.56. The van der Waals surface area contributed by atoms with Crippen LogP contribution in [0.15, 0.2) is 42.5 Å². The second-order valence-corrected chi connectivity index (χ2v) is 5.49. The zero-order valence-corrected chi connectivity index (χ0v) is 12.6. The summed E-state index contributed by atoms with van der Waals surface area (Å²) in [4.78, 5) is 0. The van der Waals surface area contributed by atoms with E-state index < -0.39 is 0 Å². The van der Waals surface area contributed by atoms with Gasteiger partial charge in [0.2, 0.25) is 0 Å². The molecule has 0 unspecified atom stereocenters. The number of anilines is 1. The lowest BCUT2D eigenvalue weighted by Crippen LogP contribution is -2.01. The number of hydrogen-bond acceptors (Lipinski definition) is 1. The van der Waals surface area contributed by atoms with E-state index in [1.807, 2.05) is 30.3 Å². The lowest BCUT2D eigenvalue weighted by molar-refractivity contribution is 1.15. The van der Waals surface area contributed by atoms with Crippen LogP contribution in [0.5, 0.6) is 0 Å². The van der Waals surface area contributed by atoms with Crippen LogP contribution in [-0.4, -0.2) is 0 Å². The first-order chi connectivity index (χ1) is 8.18. The molecule has 1 N–H and O–H groups in total. The maximum atomic E-state index is 6.13. The van der Waals surface area contributed by atoms with Gasteiger partial charge in [0.25, 0.3) is 0 Å². The molecule has 0 spiro atoms. The van der Waals surface area contributed by atoms with Crippen molar-refractivity contribution in [2.45, 2.75) is 6.54 Å². The molecule has 4 heteroatoms. The Morgan fingerprint density at radius 1 is 1.00 bits per heavy atom. The zero-order valence-electron chi connectivity index (χ0n) is 8.88. The number of benzene rings is 2. The highest BCUT2D eigenvalue weighted by Gasteiger charge is 2.04. The van der Waals surface area contributed by atoms with Gasteiger partial charge in [0.15, 0.2) is 0 Å². The molecule has 0 saturated heterocycles. The number of para-hydroxylation sites is 1. The van der Waals surface area contributed by atoms with Crippen LogP contribution in [0.1, 0.15) is 5.56 Å². The smallest absolute Gasteiger partial charge is 0.0642 e. The molecular weight excluding hydrogens is 368 g/mol. The fourth-order valence-electron chi connectivity index (χ4n) is 1.48. The van der Waals surface area contributed by atoms with Gasteiger partial charge in [-0.05, 0) is 46.4 Å². The average Bonchev–Trinajstić information content (AvgIpc) is 2.33. The van der Waals surface area contributed by atoms with E-state index in [1.54, 1.807) is 6.07 Å². The lowest BCUT2D eigenvalue weighted by atomic mass is 10.2. The van der Waals surface area contributed by atoms with Crippen molar-refractivity contribution in [3.63, 3.8) is 0 Å². The molecule has 0 aliphatic carbocycles. The Labute approximate surface area is 124 Å². The number of rotatable bonds is 3. The first-order valence-electron chi connectivity index (χ1n) is 5.10. The van der Waals surface area contributed by atoms with Gasteiger partial charge in [0.1, 0.15) is 0 Å². The molecule has 0 radical (unpaired) electrons. The minimum absolute atomic E-state index is 0.591. The van der Waals surface area contributed by atoms with Crippen LogP contribution in [0.25, 0.3) is 0 Å². The minimum atomic E-state index is 0.591. The Balaban J connectivity index is 2.13. The van der Waals surface area contributed by atoms with Gasteiger partial charge in [0, 0.05) is 15.8 Å². The van der Waals surface area contributed by atoms with E-state index >= 15 is 0 Å². The Kier molecular flexibility index (Phi) is 4.54. The lowest BCUT2D eigenvalue weighted by Gasteiger charge is -2.10. The molecule has 2 rings (SSSR count). The van der Waals surface area contributed by atoms with Gasteiger partial charge < -0.3 is 5.32 Å². The highest BCUT2D eigenvalue weighted by Crippen LogP contribution is 2.26. The third kappa shape index (κ3) is 3.27. The largest absolute Gasteiger partial charge is 0.380 e. The number of nitrogens with one attached hydrogen (secondary N) is 1. The molecule has 2 aromatic rings. The van der Waals surface area contributed by atoms with E-state index in [0.717, 1.165) is 11.3 Å². The molecule has 0 aliphatic heterocycles. The molecule has 1 nitrogen and oxygen atoms in total. The van der Waals surface area contributed by atoms with E-state index in [1.165, 1.54) is 3.57 Å². The molecule has 0 aliphatic rings. The quantitative estimate of drug-likeness (QED) is 0.724. The molecule has 0 amide bonds. The standard InChI is InChI=1S/C13H10Cl2IN/c14-10-5-3-4-9(13(10)15)8-17-12-7-2-1-6-11(12)16/h1-7,17H,8H2. The first kappa shape index (κ1) is 13.0. The Bertz CT molecular complexity index is 529. The average molecular weight is 378 g/mol. The monoisotopic (exact) mass is 377 g/mol. The van der Waals surface area contributed by atoms with E-state index in [0.29, 0.717) is 16.6 Å². The van der Waals surface area contributed by atoms with Gasteiger partial charge in [-0.15, -0.1) is 0 Å². The van der Waals surface area contributed by atoms with Crippen molar-refractivity contribution in [3.8, 4) is 0 Å². The summed E-state index contributed by atoms with van der Waals surface area (Å²) in [5.74, 6) is 0. The Morgan fingerprint density at radius 3 is 2.53 bits per heavy atom. The fraction of sp³-hybridized carbons (Fsp3) is 0.0769. The van der Waals surface area contributed by atoms with Crippen LogP contribution in [0, 0.1) is 3.57 Å². The van der Waals surface area contributed by atoms with Crippen LogP contribution in [-0.2, 0) is 6.54 Å².